The number of ether oxygens (including phenoxy) is 2. The Bertz CT molecular complexity index is 1280. The Morgan fingerprint density at radius 3 is 2.62 bits per heavy atom. The molecule has 3 aromatic carbocycles. The molecule has 3 N–H and O–H groups in total. The standard InChI is InChI=1S/C26H25N3O5/c1-32-16-19-5-4-8-24-21(19)15-25(34-24)29(17-30)13-14-33-20-11-9-18(10-12-20)26(31)28-23-7-3-2-6-22(23)27/h2-12,15,17H,13-14,16,27H2,1H3,(H,28,31). The average Bonchev–Trinajstić information content (AvgIpc) is 3.29. The number of para-hydroxylation sites is 2. The Hall–Kier alpha value is -4.30. The average molecular weight is 460 g/mol. The highest BCUT2D eigenvalue weighted by Gasteiger charge is 2.14. The number of carbonyl (C=O) groups excluding carboxylic acids is 2. The molecule has 8 nitrogen and oxygen atoms in total. The van der Waals surface area contributed by atoms with Crippen molar-refractivity contribution >= 4 is 40.5 Å². The third kappa shape index (κ3) is 5.19. The Morgan fingerprint density at radius 1 is 1.09 bits per heavy atom. The zero-order valence-electron chi connectivity index (χ0n) is 18.7. The summed E-state index contributed by atoms with van der Waals surface area (Å²) in [4.78, 5) is 25.6. The van der Waals surface area contributed by atoms with E-state index in [2.05, 4.69) is 5.32 Å². The molecule has 0 aliphatic carbocycles. The van der Waals surface area contributed by atoms with E-state index in [4.69, 9.17) is 19.6 Å². The molecule has 174 valence electrons. The monoisotopic (exact) mass is 459 g/mol. The van der Waals surface area contributed by atoms with E-state index in [0.717, 1.165) is 10.9 Å². The smallest absolute Gasteiger partial charge is 0.255 e. The molecule has 0 aliphatic heterocycles. The second kappa shape index (κ2) is 10.5. The number of carbonyl (C=O) groups is 2. The van der Waals surface area contributed by atoms with E-state index < -0.39 is 0 Å². The Balaban J connectivity index is 1.35. The van der Waals surface area contributed by atoms with E-state index >= 15 is 0 Å². The molecule has 34 heavy (non-hydrogen) atoms. The maximum atomic E-state index is 12.4. The van der Waals surface area contributed by atoms with Crippen LogP contribution in [0.25, 0.3) is 11.0 Å². The highest BCUT2D eigenvalue weighted by Crippen LogP contribution is 2.28. The molecule has 0 radical (unpaired) electrons. The van der Waals surface area contributed by atoms with Gasteiger partial charge in [0, 0.05) is 24.1 Å². The fourth-order valence-electron chi connectivity index (χ4n) is 3.52. The maximum Gasteiger partial charge on any atom is 0.255 e. The molecule has 0 aliphatic rings. The van der Waals surface area contributed by atoms with Gasteiger partial charge in [0.05, 0.1) is 24.5 Å². The minimum atomic E-state index is -0.269. The number of amides is 2. The zero-order valence-corrected chi connectivity index (χ0v) is 18.7. The van der Waals surface area contributed by atoms with Gasteiger partial charge in [-0.3, -0.25) is 14.5 Å². The van der Waals surface area contributed by atoms with Crippen LogP contribution in [0.15, 0.2) is 77.2 Å². The first-order chi connectivity index (χ1) is 16.6. The number of fused-ring (bicyclic) bond motifs is 1. The number of furan rings is 1. The van der Waals surface area contributed by atoms with Gasteiger partial charge in [-0.1, -0.05) is 24.3 Å². The van der Waals surface area contributed by atoms with E-state index in [1.54, 1.807) is 55.6 Å². The van der Waals surface area contributed by atoms with Crippen molar-refractivity contribution in [3.05, 3.63) is 83.9 Å². The van der Waals surface area contributed by atoms with Crippen LogP contribution < -0.4 is 20.7 Å². The Labute approximate surface area is 196 Å². The predicted molar refractivity (Wildman–Crippen MR) is 131 cm³/mol. The van der Waals surface area contributed by atoms with Crippen LogP contribution in [0.2, 0.25) is 0 Å². The van der Waals surface area contributed by atoms with Crippen molar-refractivity contribution in [2.24, 2.45) is 0 Å². The van der Waals surface area contributed by atoms with Crippen LogP contribution in [-0.4, -0.2) is 32.6 Å². The van der Waals surface area contributed by atoms with E-state index in [9.17, 15) is 9.59 Å². The molecule has 8 heteroatoms. The lowest BCUT2D eigenvalue weighted by molar-refractivity contribution is -0.107. The quantitative estimate of drug-likeness (QED) is 0.268. The first kappa shape index (κ1) is 22.9. The molecule has 0 unspecified atom stereocenters. The van der Waals surface area contributed by atoms with Crippen molar-refractivity contribution < 1.29 is 23.5 Å². The van der Waals surface area contributed by atoms with Gasteiger partial charge in [0.15, 0.2) is 0 Å². The fourth-order valence-corrected chi connectivity index (χ4v) is 3.52. The summed E-state index contributed by atoms with van der Waals surface area (Å²) in [5, 5.41) is 3.69. The number of nitrogens with zero attached hydrogens (tertiary/aromatic N) is 1. The number of nitrogens with two attached hydrogens (primary N) is 1. The lowest BCUT2D eigenvalue weighted by atomic mass is 10.1. The minimum Gasteiger partial charge on any atom is -0.492 e. The third-order valence-corrected chi connectivity index (χ3v) is 5.28. The summed E-state index contributed by atoms with van der Waals surface area (Å²) in [6, 6.07) is 21.3. The van der Waals surface area contributed by atoms with Crippen LogP contribution in [0.4, 0.5) is 17.3 Å². The molecule has 4 aromatic rings. The number of nitrogen functional groups attached to an aromatic ring is 1. The van der Waals surface area contributed by atoms with Gasteiger partial charge < -0.3 is 24.9 Å². The van der Waals surface area contributed by atoms with E-state index in [-0.39, 0.29) is 12.5 Å². The highest BCUT2D eigenvalue weighted by atomic mass is 16.5. The third-order valence-electron chi connectivity index (χ3n) is 5.28. The van der Waals surface area contributed by atoms with Crippen molar-refractivity contribution in [2.45, 2.75) is 6.61 Å². The molecule has 0 saturated carbocycles. The molecule has 2 amide bonds. The van der Waals surface area contributed by atoms with E-state index in [0.29, 0.717) is 53.7 Å². The molecule has 0 bridgehead atoms. The van der Waals surface area contributed by atoms with Gasteiger partial charge in [0.2, 0.25) is 12.3 Å². The molecule has 1 heterocycles. The number of benzene rings is 3. The number of nitrogens with one attached hydrogen (secondary N) is 1. The van der Waals surface area contributed by atoms with Crippen LogP contribution in [0.5, 0.6) is 5.75 Å². The zero-order chi connectivity index (χ0) is 23.9. The van der Waals surface area contributed by atoms with Crippen LogP contribution in [0.1, 0.15) is 15.9 Å². The highest BCUT2D eigenvalue weighted by molar-refractivity contribution is 6.05. The van der Waals surface area contributed by atoms with Crippen molar-refractivity contribution in [2.75, 3.05) is 36.2 Å². The van der Waals surface area contributed by atoms with Crippen LogP contribution in [0.3, 0.4) is 0 Å². The normalized spacial score (nSPS) is 10.7. The van der Waals surface area contributed by atoms with Gasteiger partial charge in [0.25, 0.3) is 5.91 Å². The van der Waals surface area contributed by atoms with Gasteiger partial charge in [-0.25, -0.2) is 0 Å². The van der Waals surface area contributed by atoms with Gasteiger partial charge in [-0.15, -0.1) is 0 Å². The molecule has 1 aromatic heterocycles. The fraction of sp³-hybridized carbons (Fsp3) is 0.154. The summed E-state index contributed by atoms with van der Waals surface area (Å²) < 4.78 is 16.8. The molecular weight excluding hydrogens is 434 g/mol. The van der Waals surface area contributed by atoms with Crippen molar-refractivity contribution in [1.82, 2.24) is 0 Å². The van der Waals surface area contributed by atoms with Crippen LogP contribution in [-0.2, 0) is 16.1 Å². The second-order valence-corrected chi connectivity index (χ2v) is 7.56. The lowest BCUT2D eigenvalue weighted by Crippen LogP contribution is -2.26. The van der Waals surface area contributed by atoms with Crippen molar-refractivity contribution in [3.63, 3.8) is 0 Å². The Morgan fingerprint density at radius 2 is 1.88 bits per heavy atom. The van der Waals surface area contributed by atoms with Crippen molar-refractivity contribution in [1.29, 1.82) is 0 Å². The summed E-state index contributed by atoms with van der Waals surface area (Å²) in [5.41, 5.74) is 9.06. The number of rotatable bonds is 10. The molecule has 4 rings (SSSR count). The second-order valence-electron chi connectivity index (χ2n) is 7.56. The number of anilines is 3. The number of hydrogen-bond donors (Lipinski definition) is 2. The summed E-state index contributed by atoms with van der Waals surface area (Å²) in [6.45, 7) is 0.985. The summed E-state index contributed by atoms with van der Waals surface area (Å²) in [7, 11) is 1.63. The lowest BCUT2D eigenvalue weighted by Gasteiger charge is -2.14. The Kier molecular flexibility index (Phi) is 7.10. The number of methoxy groups -OCH3 is 1. The van der Waals surface area contributed by atoms with Gasteiger partial charge >= 0.3 is 0 Å². The van der Waals surface area contributed by atoms with E-state index in [1.165, 1.54) is 4.90 Å². The van der Waals surface area contributed by atoms with E-state index in [1.807, 2.05) is 24.3 Å². The first-order valence-corrected chi connectivity index (χ1v) is 10.7. The topological polar surface area (TPSA) is 107 Å². The summed E-state index contributed by atoms with van der Waals surface area (Å²) in [6.07, 6.45) is 0.708. The molecule has 0 spiro atoms. The minimum absolute atomic E-state index is 0.243. The largest absolute Gasteiger partial charge is 0.492 e. The van der Waals surface area contributed by atoms with Crippen LogP contribution >= 0.6 is 0 Å². The summed E-state index contributed by atoms with van der Waals surface area (Å²) >= 11 is 0. The molecule has 0 saturated heterocycles. The van der Waals surface area contributed by atoms with Crippen molar-refractivity contribution in [3.8, 4) is 5.75 Å². The summed E-state index contributed by atoms with van der Waals surface area (Å²) in [5.74, 6) is 0.743. The SMILES string of the molecule is COCc1cccc2oc(N(C=O)CCOc3ccc(C(=O)Nc4ccccc4N)cc3)cc12. The van der Waals surface area contributed by atoms with Crippen LogP contribution in [0, 0.1) is 0 Å². The van der Waals surface area contributed by atoms with Gasteiger partial charge in [-0.2, -0.15) is 0 Å². The van der Waals surface area contributed by atoms with Gasteiger partial charge in [-0.05, 0) is 48.0 Å². The molecule has 0 atom stereocenters. The number of hydrogen-bond acceptors (Lipinski definition) is 6. The van der Waals surface area contributed by atoms with Gasteiger partial charge in [0.1, 0.15) is 17.9 Å². The molecule has 0 fully saturated rings. The predicted octanol–water partition coefficient (Wildman–Crippen LogP) is 4.46. The maximum absolute atomic E-state index is 12.4. The molecular formula is C26H25N3O5. The first-order valence-electron chi connectivity index (χ1n) is 10.7.